The van der Waals surface area contributed by atoms with Crippen molar-refractivity contribution in [3.05, 3.63) is 63.4 Å². The average molecular weight is 393 g/mol. The quantitative estimate of drug-likeness (QED) is 0.639. The van der Waals surface area contributed by atoms with Gasteiger partial charge in [-0.15, -0.1) is 0 Å². The Balaban J connectivity index is 1.67. The van der Waals surface area contributed by atoms with Crippen LogP contribution in [0.2, 0.25) is 0 Å². The van der Waals surface area contributed by atoms with Crippen LogP contribution < -0.4 is 10.3 Å². The zero-order chi connectivity index (χ0) is 20.3. The third kappa shape index (κ3) is 4.41. The Kier molecular flexibility index (Phi) is 5.53. The van der Waals surface area contributed by atoms with Crippen LogP contribution in [-0.2, 0) is 12.6 Å². The van der Waals surface area contributed by atoms with Crippen LogP contribution in [0.3, 0.4) is 0 Å². The minimum atomic E-state index is -4.68. The van der Waals surface area contributed by atoms with Gasteiger partial charge in [-0.05, 0) is 56.0 Å². The van der Waals surface area contributed by atoms with Crippen LogP contribution in [-0.4, -0.2) is 21.7 Å². The lowest BCUT2D eigenvalue weighted by atomic mass is 10.1. The van der Waals surface area contributed by atoms with Crippen LogP contribution in [0.1, 0.15) is 29.0 Å². The van der Waals surface area contributed by atoms with Gasteiger partial charge in [0, 0.05) is 17.3 Å². The van der Waals surface area contributed by atoms with Crippen LogP contribution in [0.15, 0.2) is 39.8 Å². The number of benzene rings is 1. The van der Waals surface area contributed by atoms with Crippen molar-refractivity contribution in [2.45, 2.75) is 32.9 Å². The Labute approximate surface area is 158 Å². The van der Waals surface area contributed by atoms with Gasteiger partial charge in [0.25, 0.3) is 5.56 Å². The lowest BCUT2D eigenvalue weighted by Crippen LogP contribution is -2.12. The molecule has 0 radical (unpaired) electrons. The summed E-state index contributed by atoms with van der Waals surface area (Å²) in [7, 11) is 0. The minimum Gasteiger partial charge on any atom is -0.493 e. The second kappa shape index (κ2) is 7.87. The number of aromatic amines is 1. The maximum atomic E-state index is 12.6. The summed E-state index contributed by atoms with van der Waals surface area (Å²) >= 11 is 0. The molecule has 28 heavy (non-hydrogen) atoms. The molecule has 0 spiro atoms. The van der Waals surface area contributed by atoms with Gasteiger partial charge in [0.2, 0.25) is 5.82 Å². The highest BCUT2D eigenvalue weighted by Gasteiger charge is 2.38. The van der Waals surface area contributed by atoms with E-state index >= 15 is 0 Å². The first kappa shape index (κ1) is 19.7. The van der Waals surface area contributed by atoms with E-state index in [1.165, 1.54) is 0 Å². The monoisotopic (exact) mass is 393 g/mol. The summed E-state index contributed by atoms with van der Waals surface area (Å²) in [5, 5.41) is 3.40. The normalized spacial score (nSPS) is 11.6. The number of ether oxygens (including phenoxy) is 1. The van der Waals surface area contributed by atoms with Gasteiger partial charge in [0.15, 0.2) is 0 Å². The van der Waals surface area contributed by atoms with Gasteiger partial charge in [0.1, 0.15) is 5.75 Å². The van der Waals surface area contributed by atoms with E-state index in [-0.39, 0.29) is 11.4 Å². The van der Waals surface area contributed by atoms with Gasteiger partial charge in [-0.2, -0.15) is 18.2 Å². The SMILES string of the molecule is Cc1cc(-c2noc(C(F)(F)F)n2)cc(C)c1OCCCc1ccc[nH]c1=O. The molecule has 0 bridgehead atoms. The molecule has 0 fully saturated rings. The van der Waals surface area contributed by atoms with Gasteiger partial charge < -0.3 is 14.2 Å². The van der Waals surface area contributed by atoms with Crippen molar-refractivity contribution >= 4 is 0 Å². The minimum absolute atomic E-state index is 0.113. The molecule has 0 saturated heterocycles. The second-order valence-corrected chi connectivity index (χ2v) is 6.34. The van der Waals surface area contributed by atoms with Crippen molar-refractivity contribution in [3.63, 3.8) is 0 Å². The summed E-state index contributed by atoms with van der Waals surface area (Å²) in [5.74, 6) is -0.868. The van der Waals surface area contributed by atoms with Crippen molar-refractivity contribution in [1.29, 1.82) is 0 Å². The van der Waals surface area contributed by atoms with E-state index in [0.29, 0.717) is 36.3 Å². The molecule has 0 amide bonds. The standard InChI is InChI=1S/C19H18F3N3O3/c1-11-9-14(16-24-18(28-25-16)19(20,21)22)10-12(2)15(11)27-8-4-6-13-5-3-7-23-17(13)26/h3,5,7,9-10H,4,6,8H2,1-2H3,(H,23,26). The molecular formula is C19H18F3N3O3. The third-order valence-corrected chi connectivity index (χ3v) is 4.12. The molecule has 0 aliphatic carbocycles. The highest BCUT2D eigenvalue weighted by atomic mass is 19.4. The Bertz CT molecular complexity index is 1000. The Morgan fingerprint density at radius 2 is 1.93 bits per heavy atom. The fourth-order valence-electron chi connectivity index (χ4n) is 2.85. The molecule has 0 aliphatic heterocycles. The average Bonchev–Trinajstić information content (AvgIpc) is 3.12. The maximum Gasteiger partial charge on any atom is 0.471 e. The van der Waals surface area contributed by atoms with Crippen LogP contribution in [0.5, 0.6) is 5.75 Å². The van der Waals surface area contributed by atoms with Crippen LogP contribution in [0, 0.1) is 13.8 Å². The molecule has 0 unspecified atom stereocenters. The molecule has 0 aliphatic rings. The zero-order valence-corrected chi connectivity index (χ0v) is 15.3. The predicted octanol–water partition coefficient (Wildman–Crippen LogP) is 4.07. The Morgan fingerprint density at radius 3 is 2.54 bits per heavy atom. The number of nitrogens with zero attached hydrogens (tertiary/aromatic N) is 2. The lowest BCUT2D eigenvalue weighted by molar-refractivity contribution is -0.159. The highest BCUT2D eigenvalue weighted by molar-refractivity contribution is 5.61. The van der Waals surface area contributed by atoms with Crippen LogP contribution in [0.25, 0.3) is 11.4 Å². The van der Waals surface area contributed by atoms with E-state index in [1.807, 2.05) is 0 Å². The number of H-pyrrole nitrogens is 1. The first-order valence-corrected chi connectivity index (χ1v) is 8.57. The van der Waals surface area contributed by atoms with E-state index in [4.69, 9.17) is 4.74 Å². The fourth-order valence-corrected chi connectivity index (χ4v) is 2.85. The number of aromatic nitrogens is 3. The summed E-state index contributed by atoms with van der Waals surface area (Å²) in [5.41, 5.74) is 2.47. The molecule has 0 saturated carbocycles. The van der Waals surface area contributed by atoms with E-state index < -0.39 is 12.1 Å². The van der Waals surface area contributed by atoms with E-state index in [2.05, 4.69) is 19.6 Å². The second-order valence-electron chi connectivity index (χ2n) is 6.34. The number of alkyl halides is 3. The molecule has 1 aromatic carbocycles. The van der Waals surface area contributed by atoms with Crippen molar-refractivity contribution in [2.75, 3.05) is 6.61 Å². The third-order valence-electron chi connectivity index (χ3n) is 4.12. The maximum absolute atomic E-state index is 12.6. The predicted molar refractivity (Wildman–Crippen MR) is 95.1 cm³/mol. The number of hydrogen-bond acceptors (Lipinski definition) is 5. The van der Waals surface area contributed by atoms with E-state index in [0.717, 1.165) is 11.1 Å². The van der Waals surface area contributed by atoms with Crippen molar-refractivity contribution < 1.29 is 22.4 Å². The lowest BCUT2D eigenvalue weighted by Gasteiger charge is -2.13. The van der Waals surface area contributed by atoms with E-state index in [9.17, 15) is 18.0 Å². The summed E-state index contributed by atoms with van der Waals surface area (Å²) in [4.78, 5) is 17.7. The molecule has 6 nitrogen and oxygen atoms in total. The molecular weight excluding hydrogens is 375 g/mol. The van der Waals surface area contributed by atoms with Gasteiger partial charge >= 0.3 is 12.1 Å². The van der Waals surface area contributed by atoms with Gasteiger partial charge in [-0.25, -0.2) is 0 Å². The van der Waals surface area contributed by atoms with Crippen molar-refractivity contribution in [2.24, 2.45) is 0 Å². The van der Waals surface area contributed by atoms with Crippen molar-refractivity contribution in [3.8, 4) is 17.1 Å². The van der Waals surface area contributed by atoms with Crippen LogP contribution >= 0.6 is 0 Å². The molecule has 2 aromatic heterocycles. The van der Waals surface area contributed by atoms with Crippen LogP contribution in [0.4, 0.5) is 13.2 Å². The summed E-state index contributed by atoms with van der Waals surface area (Å²) in [6.07, 6.45) is -1.88. The molecule has 9 heteroatoms. The summed E-state index contributed by atoms with van der Waals surface area (Å²) in [6.45, 7) is 3.98. The van der Waals surface area contributed by atoms with Crippen molar-refractivity contribution in [1.82, 2.24) is 15.1 Å². The number of aryl methyl sites for hydroxylation is 3. The van der Waals surface area contributed by atoms with Gasteiger partial charge in [0.05, 0.1) is 6.61 Å². The topological polar surface area (TPSA) is 81.0 Å². The number of halogens is 3. The first-order chi connectivity index (χ1) is 13.3. The molecule has 0 atom stereocenters. The zero-order valence-electron chi connectivity index (χ0n) is 15.3. The van der Waals surface area contributed by atoms with Gasteiger partial charge in [-0.3, -0.25) is 4.79 Å². The molecule has 3 rings (SSSR count). The molecule has 3 aromatic rings. The number of rotatable bonds is 6. The van der Waals surface area contributed by atoms with E-state index in [1.54, 1.807) is 44.3 Å². The Hall–Kier alpha value is -3.10. The Morgan fingerprint density at radius 1 is 1.21 bits per heavy atom. The number of hydrogen-bond donors (Lipinski definition) is 1. The highest BCUT2D eigenvalue weighted by Crippen LogP contribution is 2.32. The number of pyridine rings is 1. The molecule has 1 N–H and O–H groups in total. The first-order valence-electron chi connectivity index (χ1n) is 8.57. The van der Waals surface area contributed by atoms with Gasteiger partial charge in [-0.1, -0.05) is 11.2 Å². The molecule has 2 heterocycles. The smallest absolute Gasteiger partial charge is 0.471 e. The fraction of sp³-hybridized carbons (Fsp3) is 0.316. The number of nitrogens with one attached hydrogen (secondary N) is 1. The molecule has 148 valence electrons. The summed E-state index contributed by atoms with van der Waals surface area (Å²) in [6, 6.07) is 6.83. The largest absolute Gasteiger partial charge is 0.493 e. The summed E-state index contributed by atoms with van der Waals surface area (Å²) < 4.78 is 48.0.